The Labute approximate surface area is 168 Å². The molecular weight excluding hydrogens is 352 g/mol. The molecule has 0 radical (unpaired) electrons. The maximum absolute atomic E-state index is 12.9. The van der Waals surface area contributed by atoms with Crippen molar-refractivity contribution in [2.75, 3.05) is 20.2 Å². The highest BCUT2D eigenvalue weighted by Gasteiger charge is 2.39. The molecule has 1 saturated carbocycles. The molecule has 0 bridgehead atoms. The van der Waals surface area contributed by atoms with Crippen LogP contribution in [-0.4, -0.2) is 36.9 Å². The monoisotopic (exact) mass is 386 g/mol. The molecule has 2 amide bonds. The molecule has 3 rings (SSSR count). The third kappa shape index (κ3) is 5.27. The van der Waals surface area contributed by atoms with Crippen molar-refractivity contribution in [2.45, 2.75) is 64.8 Å². The number of ether oxygens (including phenoxy) is 1. The molecule has 0 unspecified atom stereocenters. The molecule has 0 aromatic heterocycles. The first-order valence-electron chi connectivity index (χ1n) is 10.7. The van der Waals surface area contributed by atoms with Gasteiger partial charge in [0.25, 0.3) is 0 Å². The zero-order chi connectivity index (χ0) is 20.0. The number of piperidine rings is 1. The molecule has 5 nitrogen and oxygen atoms in total. The summed E-state index contributed by atoms with van der Waals surface area (Å²) in [4.78, 5) is 27.5. The lowest BCUT2D eigenvalue weighted by Gasteiger charge is -2.39. The highest BCUT2D eigenvalue weighted by Crippen LogP contribution is 2.32. The van der Waals surface area contributed by atoms with Crippen LogP contribution in [0.5, 0.6) is 5.75 Å². The van der Waals surface area contributed by atoms with Crippen LogP contribution in [0, 0.1) is 11.3 Å². The van der Waals surface area contributed by atoms with Gasteiger partial charge >= 0.3 is 0 Å². The Morgan fingerprint density at radius 1 is 1.25 bits per heavy atom. The summed E-state index contributed by atoms with van der Waals surface area (Å²) in [5, 5.41) is 3.06. The van der Waals surface area contributed by atoms with Crippen LogP contribution < -0.4 is 10.1 Å². The number of hydrogen-bond acceptors (Lipinski definition) is 3. The summed E-state index contributed by atoms with van der Waals surface area (Å²) in [5.41, 5.74) is 0.497. The van der Waals surface area contributed by atoms with Crippen molar-refractivity contribution in [3.05, 3.63) is 29.8 Å². The third-order valence-corrected chi connectivity index (χ3v) is 6.43. The van der Waals surface area contributed by atoms with Crippen LogP contribution in [0.15, 0.2) is 24.3 Å². The predicted octanol–water partition coefficient (Wildman–Crippen LogP) is 3.91. The summed E-state index contributed by atoms with van der Waals surface area (Å²) in [7, 11) is 1.64. The Balaban J connectivity index is 1.51. The Morgan fingerprint density at radius 2 is 2.04 bits per heavy atom. The van der Waals surface area contributed by atoms with Gasteiger partial charge in [0.1, 0.15) is 5.75 Å². The van der Waals surface area contributed by atoms with E-state index >= 15 is 0 Å². The van der Waals surface area contributed by atoms with Crippen molar-refractivity contribution in [1.29, 1.82) is 0 Å². The first-order valence-corrected chi connectivity index (χ1v) is 10.7. The zero-order valence-electron chi connectivity index (χ0n) is 17.3. The number of hydrogen-bond donors (Lipinski definition) is 1. The van der Waals surface area contributed by atoms with Gasteiger partial charge in [0, 0.05) is 26.1 Å². The molecular formula is C23H34N2O3. The standard InChI is InChI=1S/C23H34N2O3/c1-23(22(27)24-16-19-9-5-10-20(15-19)28-2)13-6-14-25(17-23)21(26)12-11-18-7-3-4-8-18/h5,9-10,15,18H,3-4,6-8,11-14,16-17H2,1-2H3,(H,24,27)/t23-/m1/s1. The molecule has 1 aliphatic heterocycles. The molecule has 28 heavy (non-hydrogen) atoms. The summed E-state index contributed by atoms with van der Waals surface area (Å²) in [6, 6.07) is 7.73. The summed E-state index contributed by atoms with van der Waals surface area (Å²) < 4.78 is 5.24. The smallest absolute Gasteiger partial charge is 0.227 e. The van der Waals surface area contributed by atoms with Crippen LogP contribution in [0.4, 0.5) is 0 Å². The fourth-order valence-electron chi connectivity index (χ4n) is 4.60. The van der Waals surface area contributed by atoms with Crippen molar-refractivity contribution in [3.8, 4) is 5.75 Å². The molecule has 1 aromatic rings. The molecule has 1 saturated heterocycles. The molecule has 1 aromatic carbocycles. The second kappa shape index (κ2) is 9.44. The second-order valence-electron chi connectivity index (χ2n) is 8.70. The molecule has 5 heteroatoms. The van der Waals surface area contributed by atoms with Crippen LogP contribution in [-0.2, 0) is 16.1 Å². The van der Waals surface area contributed by atoms with E-state index in [9.17, 15) is 9.59 Å². The van der Waals surface area contributed by atoms with Gasteiger partial charge in [-0.1, -0.05) is 37.8 Å². The van der Waals surface area contributed by atoms with Gasteiger partial charge in [-0.05, 0) is 49.8 Å². The number of methoxy groups -OCH3 is 1. The van der Waals surface area contributed by atoms with Crippen molar-refractivity contribution in [3.63, 3.8) is 0 Å². The number of benzene rings is 1. The van der Waals surface area contributed by atoms with Gasteiger partial charge in [0.2, 0.25) is 11.8 Å². The van der Waals surface area contributed by atoms with E-state index in [0.29, 0.717) is 19.5 Å². The van der Waals surface area contributed by atoms with E-state index in [1.54, 1.807) is 7.11 Å². The summed E-state index contributed by atoms with van der Waals surface area (Å²) >= 11 is 0. The number of nitrogens with zero attached hydrogens (tertiary/aromatic N) is 1. The molecule has 154 valence electrons. The molecule has 1 heterocycles. The fourth-order valence-corrected chi connectivity index (χ4v) is 4.60. The van der Waals surface area contributed by atoms with Crippen LogP contribution in [0.2, 0.25) is 0 Å². The highest BCUT2D eigenvalue weighted by molar-refractivity contribution is 5.84. The first kappa shape index (κ1) is 20.7. The fraction of sp³-hybridized carbons (Fsp3) is 0.652. The van der Waals surface area contributed by atoms with Crippen LogP contribution in [0.3, 0.4) is 0 Å². The maximum Gasteiger partial charge on any atom is 0.227 e. The SMILES string of the molecule is COc1cccc(CNC(=O)[C@]2(C)CCCN(C(=O)CCC3CCCC3)C2)c1. The van der Waals surface area contributed by atoms with Crippen molar-refractivity contribution < 1.29 is 14.3 Å². The predicted molar refractivity (Wildman–Crippen MR) is 110 cm³/mol. The Morgan fingerprint density at radius 3 is 2.79 bits per heavy atom. The lowest BCUT2D eigenvalue weighted by Crippen LogP contribution is -2.51. The summed E-state index contributed by atoms with van der Waals surface area (Å²) in [5.74, 6) is 1.77. The number of amides is 2. The van der Waals surface area contributed by atoms with E-state index in [0.717, 1.165) is 43.0 Å². The van der Waals surface area contributed by atoms with E-state index in [2.05, 4.69) is 5.32 Å². The zero-order valence-corrected chi connectivity index (χ0v) is 17.3. The van der Waals surface area contributed by atoms with Gasteiger partial charge in [-0.2, -0.15) is 0 Å². The highest BCUT2D eigenvalue weighted by atomic mass is 16.5. The van der Waals surface area contributed by atoms with E-state index < -0.39 is 5.41 Å². The minimum Gasteiger partial charge on any atom is -0.497 e. The van der Waals surface area contributed by atoms with Gasteiger partial charge < -0.3 is 15.0 Å². The van der Waals surface area contributed by atoms with E-state index in [-0.39, 0.29) is 11.8 Å². The molecule has 0 spiro atoms. The van der Waals surface area contributed by atoms with E-state index in [4.69, 9.17) is 4.74 Å². The largest absolute Gasteiger partial charge is 0.497 e. The van der Waals surface area contributed by atoms with Crippen LogP contribution >= 0.6 is 0 Å². The Kier molecular flexibility index (Phi) is 6.97. The van der Waals surface area contributed by atoms with Crippen molar-refractivity contribution >= 4 is 11.8 Å². The van der Waals surface area contributed by atoms with Crippen molar-refractivity contribution in [1.82, 2.24) is 10.2 Å². The maximum atomic E-state index is 12.9. The molecule has 2 fully saturated rings. The van der Waals surface area contributed by atoms with Crippen molar-refractivity contribution in [2.24, 2.45) is 11.3 Å². The first-order chi connectivity index (χ1) is 13.5. The number of carbonyl (C=O) groups excluding carboxylic acids is 2. The van der Waals surface area contributed by atoms with Gasteiger partial charge in [-0.25, -0.2) is 0 Å². The summed E-state index contributed by atoms with van der Waals surface area (Å²) in [6.07, 6.45) is 8.53. The minimum absolute atomic E-state index is 0.0311. The topological polar surface area (TPSA) is 58.6 Å². The third-order valence-electron chi connectivity index (χ3n) is 6.43. The normalized spacial score (nSPS) is 22.9. The van der Waals surface area contributed by atoms with Gasteiger partial charge in [0.05, 0.1) is 12.5 Å². The number of likely N-dealkylation sites (tertiary alicyclic amines) is 1. The van der Waals surface area contributed by atoms with Crippen LogP contribution in [0.1, 0.15) is 63.9 Å². The molecule has 1 atom stereocenters. The second-order valence-corrected chi connectivity index (χ2v) is 8.70. The van der Waals surface area contributed by atoms with Gasteiger partial charge in [-0.15, -0.1) is 0 Å². The molecule has 1 N–H and O–H groups in total. The quantitative estimate of drug-likeness (QED) is 0.773. The van der Waals surface area contributed by atoms with Gasteiger partial charge in [-0.3, -0.25) is 9.59 Å². The lowest BCUT2D eigenvalue weighted by atomic mass is 9.80. The van der Waals surface area contributed by atoms with E-state index in [1.165, 1.54) is 25.7 Å². The number of carbonyl (C=O) groups is 2. The number of nitrogens with one attached hydrogen (secondary N) is 1. The van der Waals surface area contributed by atoms with Crippen LogP contribution in [0.25, 0.3) is 0 Å². The average Bonchev–Trinajstić information content (AvgIpc) is 3.24. The Bertz CT molecular complexity index is 684. The van der Waals surface area contributed by atoms with E-state index in [1.807, 2.05) is 36.1 Å². The minimum atomic E-state index is -0.514. The average molecular weight is 387 g/mol. The Hall–Kier alpha value is -2.04. The lowest BCUT2D eigenvalue weighted by molar-refractivity contribution is -0.140. The summed E-state index contributed by atoms with van der Waals surface area (Å²) in [6.45, 7) is 3.77. The molecule has 2 aliphatic rings. The molecule has 1 aliphatic carbocycles. The number of rotatable bonds is 7. The van der Waals surface area contributed by atoms with Gasteiger partial charge in [0.15, 0.2) is 0 Å².